The molecule has 0 fully saturated rings. The van der Waals surface area contributed by atoms with Gasteiger partial charge >= 0.3 is 5.97 Å². The van der Waals surface area contributed by atoms with Gasteiger partial charge in [0.05, 0.1) is 23.7 Å². The number of nitrogens with zero attached hydrogens (tertiary/aromatic N) is 1. The smallest absolute Gasteiger partial charge is 0.305 e. The van der Waals surface area contributed by atoms with E-state index in [2.05, 4.69) is 32.6 Å². The summed E-state index contributed by atoms with van der Waals surface area (Å²) in [4.78, 5) is 15.6. The summed E-state index contributed by atoms with van der Waals surface area (Å²) in [6.07, 6.45) is 0.990. The summed E-state index contributed by atoms with van der Waals surface area (Å²) >= 11 is 3.60. The molecule has 21 heavy (non-hydrogen) atoms. The number of carbonyl (C=O) groups is 1. The lowest BCUT2D eigenvalue weighted by Gasteiger charge is -2.12. The molecule has 112 valence electrons. The molecule has 0 radical (unpaired) electrons. The summed E-state index contributed by atoms with van der Waals surface area (Å²) in [5.41, 5.74) is 3.10. The van der Waals surface area contributed by atoms with Gasteiger partial charge in [0.15, 0.2) is 0 Å². The van der Waals surface area contributed by atoms with Gasteiger partial charge in [-0.3, -0.25) is 9.78 Å². The molecule has 1 aromatic carbocycles. The van der Waals surface area contributed by atoms with Crippen LogP contribution in [0.3, 0.4) is 0 Å². The summed E-state index contributed by atoms with van der Waals surface area (Å²) in [6, 6.07) is 5.90. The molecule has 0 unspecified atom stereocenters. The van der Waals surface area contributed by atoms with Crippen LogP contribution in [0.15, 0.2) is 22.7 Å². The lowest BCUT2D eigenvalue weighted by molar-refractivity contribution is -0.140. The van der Waals surface area contributed by atoms with Gasteiger partial charge in [-0.15, -0.1) is 0 Å². The Bertz CT molecular complexity index is 670. The van der Waals surface area contributed by atoms with E-state index in [9.17, 15) is 4.79 Å². The van der Waals surface area contributed by atoms with Gasteiger partial charge in [-0.05, 0) is 60.0 Å². The van der Waals surface area contributed by atoms with Gasteiger partial charge in [0, 0.05) is 17.5 Å². The Balaban J connectivity index is 2.15. The van der Waals surface area contributed by atoms with Crippen LogP contribution in [-0.4, -0.2) is 24.7 Å². The number of rotatable bonds is 5. The van der Waals surface area contributed by atoms with Crippen molar-refractivity contribution in [2.24, 2.45) is 0 Å². The number of halogens is 1. The highest BCUT2D eigenvalue weighted by molar-refractivity contribution is 9.10. The quantitative estimate of drug-likeness (QED) is 0.604. The number of aryl methyl sites for hydroxylation is 2. The van der Waals surface area contributed by atoms with E-state index in [-0.39, 0.29) is 5.97 Å². The largest absolute Gasteiger partial charge is 0.492 e. The number of esters is 1. The van der Waals surface area contributed by atoms with Crippen LogP contribution in [0.4, 0.5) is 0 Å². The molecule has 2 aromatic rings. The van der Waals surface area contributed by atoms with Crippen LogP contribution in [-0.2, 0) is 9.53 Å². The fourth-order valence-corrected chi connectivity index (χ4v) is 3.00. The SMILES string of the molecule is COC(=O)CCCOc1ccc2nc(C)cc(C)c2c1Br. The lowest BCUT2D eigenvalue weighted by atomic mass is 10.1. The summed E-state index contributed by atoms with van der Waals surface area (Å²) in [5, 5.41) is 1.06. The predicted molar refractivity (Wildman–Crippen MR) is 85.7 cm³/mol. The number of aromatic nitrogens is 1. The Labute approximate surface area is 132 Å². The van der Waals surface area contributed by atoms with Crippen molar-refractivity contribution in [1.29, 1.82) is 0 Å². The van der Waals surface area contributed by atoms with Gasteiger partial charge in [0.25, 0.3) is 0 Å². The molecular weight excluding hydrogens is 334 g/mol. The third kappa shape index (κ3) is 3.73. The second-order valence-electron chi connectivity index (χ2n) is 4.88. The van der Waals surface area contributed by atoms with E-state index < -0.39 is 0 Å². The van der Waals surface area contributed by atoms with Crippen LogP contribution in [0.25, 0.3) is 10.9 Å². The zero-order chi connectivity index (χ0) is 15.4. The van der Waals surface area contributed by atoms with Crippen molar-refractivity contribution in [2.75, 3.05) is 13.7 Å². The van der Waals surface area contributed by atoms with Gasteiger partial charge in [0.1, 0.15) is 5.75 Å². The second-order valence-corrected chi connectivity index (χ2v) is 5.67. The van der Waals surface area contributed by atoms with Gasteiger partial charge in [-0.25, -0.2) is 0 Å². The first-order valence-corrected chi connectivity index (χ1v) is 7.58. The van der Waals surface area contributed by atoms with Gasteiger partial charge < -0.3 is 9.47 Å². The predicted octanol–water partition coefficient (Wildman–Crippen LogP) is 3.95. The third-order valence-corrected chi connectivity index (χ3v) is 4.00. The third-order valence-electron chi connectivity index (χ3n) is 3.21. The van der Waals surface area contributed by atoms with Crippen molar-refractivity contribution in [3.8, 4) is 5.75 Å². The first-order valence-electron chi connectivity index (χ1n) is 6.79. The molecule has 0 spiro atoms. The second kappa shape index (κ2) is 6.89. The minimum atomic E-state index is -0.216. The monoisotopic (exact) mass is 351 g/mol. The zero-order valence-corrected chi connectivity index (χ0v) is 14.0. The van der Waals surface area contributed by atoms with Crippen molar-refractivity contribution in [1.82, 2.24) is 4.98 Å². The summed E-state index contributed by atoms with van der Waals surface area (Å²) in [7, 11) is 1.39. The summed E-state index contributed by atoms with van der Waals surface area (Å²) in [5.74, 6) is 0.549. The van der Waals surface area contributed by atoms with Crippen LogP contribution < -0.4 is 4.74 Å². The molecule has 4 nitrogen and oxygen atoms in total. The molecule has 1 heterocycles. The Hall–Kier alpha value is -1.62. The van der Waals surface area contributed by atoms with Gasteiger partial charge in [-0.2, -0.15) is 0 Å². The van der Waals surface area contributed by atoms with Crippen molar-refractivity contribution in [3.63, 3.8) is 0 Å². The number of hydrogen-bond donors (Lipinski definition) is 0. The summed E-state index contributed by atoms with van der Waals surface area (Å²) in [6.45, 7) is 4.51. The van der Waals surface area contributed by atoms with E-state index in [0.717, 1.165) is 32.4 Å². The first kappa shape index (κ1) is 15.8. The molecule has 0 saturated heterocycles. The maximum Gasteiger partial charge on any atom is 0.305 e. The van der Waals surface area contributed by atoms with Gasteiger partial charge in [-0.1, -0.05) is 0 Å². The number of ether oxygens (including phenoxy) is 2. The van der Waals surface area contributed by atoms with Crippen molar-refractivity contribution < 1.29 is 14.3 Å². The Morgan fingerprint density at radius 1 is 1.33 bits per heavy atom. The van der Waals surface area contributed by atoms with Crippen molar-refractivity contribution in [3.05, 3.63) is 33.9 Å². The Kier molecular flexibility index (Phi) is 5.17. The minimum absolute atomic E-state index is 0.216. The molecule has 5 heteroatoms. The number of fused-ring (bicyclic) bond motifs is 1. The molecule has 0 aliphatic carbocycles. The van der Waals surface area contributed by atoms with Crippen LogP contribution in [0, 0.1) is 13.8 Å². The normalized spacial score (nSPS) is 10.7. The van der Waals surface area contributed by atoms with E-state index in [1.165, 1.54) is 7.11 Å². The van der Waals surface area contributed by atoms with E-state index in [1.807, 2.05) is 25.1 Å². The summed E-state index contributed by atoms with van der Waals surface area (Å²) < 4.78 is 11.2. The van der Waals surface area contributed by atoms with Crippen LogP contribution in [0.1, 0.15) is 24.1 Å². The average Bonchev–Trinajstić information content (AvgIpc) is 2.44. The highest BCUT2D eigenvalue weighted by Crippen LogP contribution is 2.34. The Morgan fingerprint density at radius 2 is 2.10 bits per heavy atom. The Morgan fingerprint density at radius 3 is 2.81 bits per heavy atom. The number of benzene rings is 1. The highest BCUT2D eigenvalue weighted by atomic mass is 79.9. The molecule has 1 aromatic heterocycles. The number of carbonyl (C=O) groups excluding carboxylic acids is 1. The van der Waals surface area contributed by atoms with E-state index in [0.29, 0.717) is 19.4 Å². The molecule has 0 bridgehead atoms. The fraction of sp³-hybridized carbons (Fsp3) is 0.375. The average molecular weight is 352 g/mol. The molecule has 0 amide bonds. The standard InChI is InChI=1S/C16H18BrNO3/c1-10-9-11(2)18-12-6-7-13(16(17)15(10)12)21-8-4-5-14(19)20-3/h6-7,9H,4-5,8H2,1-3H3. The van der Waals surface area contributed by atoms with Crippen molar-refractivity contribution in [2.45, 2.75) is 26.7 Å². The maximum atomic E-state index is 11.0. The number of pyridine rings is 1. The first-order chi connectivity index (χ1) is 10.0. The van der Waals surface area contributed by atoms with Crippen molar-refractivity contribution >= 4 is 32.8 Å². The van der Waals surface area contributed by atoms with Crippen LogP contribution in [0.5, 0.6) is 5.75 Å². The number of hydrogen-bond acceptors (Lipinski definition) is 4. The minimum Gasteiger partial charge on any atom is -0.492 e. The number of methoxy groups -OCH3 is 1. The maximum absolute atomic E-state index is 11.0. The molecular formula is C16H18BrNO3. The topological polar surface area (TPSA) is 48.4 Å². The van der Waals surface area contributed by atoms with Gasteiger partial charge in [0.2, 0.25) is 0 Å². The van der Waals surface area contributed by atoms with E-state index in [1.54, 1.807) is 0 Å². The fourth-order valence-electron chi connectivity index (χ4n) is 2.23. The highest BCUT2D eigenvalue weighted by Gasteiger charge is 2.10. The van der Waals surface area contributed by atoms with E-state index >= 15 is 0 Å². The molecule has 0 N–H and O–H groups in total. The van der Waals surface area contributed by atoms with Crippen LogP contribution in [0.2, 0.25) is 0 Å². The zero-order valence-electron chi connectivity index (χ0n) is 12.4. The molecule has 0 saturated carbocycles. The van der Waals surface area contributed by atoms with E-state index in [4.69, 9.17) is 4.74 Å². The molecule has 0 aliphatic rings. The van der Waals surface area contributed by atoms with Crippen LogP contribution >= 0.6 is 15.9 Å². The molecule has 2 rings (SSSR count). The lowest BCUT2D eigenvalue weighted by Crippen LogP contribution is -2.05. The molecule has 0 aliphatic heterocycles. The molecule has 0 atom stereocenters.